The van der Waals surface area contributed by atoms with Crippen LogP contribution >= 0.6 is 23.2 Å². The topological polar surface area (TPSA) is 140 Å². The number of hydrogen-bond donors (Lipinski definition) is 3. The van der Waals surface area contributed by atoms with E-state index in [0.717, 1.165) is 24.8 Å². The van der Waals surface area contributed by atoms with Crippen molar-refractivity contribution in [2.75, 3.05) is 45.5 Å². The molecule has 1 aliphatic rings. The van der Waals surface area contributed by atoms with Gasteiger partial charge in [-0.15, -0.1) is 0 Å². The van der Waals surface area contributed by atoms with Crippen LogP contribution in [0.15, 0.2) is 72.2 Å². The van der Waals surface area contributed by atoms with Crippen molar-refractivity contribution in [1.29, 1.82) is 0 Å². The van der Waals surface area contributed by atoms with Crippen LogP contribution in [0.1, 0.15) is 24.8 Å². The van der Waals surface area contributed by atoms with Crippen molar-refractivity contribution in [3.8, 4) is 22.6 Å². The highest BCUT2D eigenvalue weighted by atomic mass is 35.5. The van der Waals surface area contributed by atoms with Crippen LogP contribution in [0.3, 0.4) is 0 Å². The zero-order valence-electron chi connectivity index (χ0n) is 28.3. The second kappa shape index (κ2) is 16.2. The molecule has 0 radical (unpaired) electrons. The predicted octanol–water partition coefficient (Wildman–Crippen LogP) is 5.52. The number of fused-ring (bicyclic) bond motifs is 1. The van der Waals surface area contributed by atoms with E-state index in [0.29, 0.717) is 29.2 Å². The fourth-order valence-corrected chi connectivity index (χ4v) is 6.52. The van der Waals surface area contributed by atoms with Gasteiger partial charge in [0.15, 0.2) is 0 Å². The molecule has 1 fully saturated rings. The number of hydrogen-bond acceptors (Lipinski definition) is 9. The van der Waals surface area contributed by atoms with Crippen LogP contribution in [0, 0.1) is 0 Å². The maximum absolute atomic E-state index is 14.5. The molecule has 4 aromatic rings. The summed E-state index contributed by atoms with van der Waals surface area (Å²) >= 11 is 13.5. The van der Waals surface area contributed by atoms with Crippen molar-refractivity contribution in [3.05, 3.63) is 93.4 Å². The lowest BCUT2D eigenvalue weighted by Gasteiger charge is -2.22. The minimum atomic E-state index is -0.415. The number of likely N-dealkylation sites (N-methyl/N-ethyl adjacent to an activating group) is 1. The second-order valence-corrected chi connectivity index (χ2v) is 12.8. The number of carbonyl (C=O) groups is 2. The summed E-state index contributed by atoms with van der Waals surface area (Å²) < 4.78 is 12.5. The van der Waals surface area contributed by atoms with Gasteiger partial charge in [0, 0.05) is 53.6 Å². The third-order valence-electron chi connectivity index (χ3n) is 8.32. The Hall–Kier alpha value is -4.91. The van der Waals surface area contributed by atoms with E-state index in [1.54, 1.807) is 36.5 Å². The summed E-state index contributed by atoms with van der Waals surface area (Å²) in [5, 5.41) is 10.0. The number of pyridine rings is 1. The number of halogens is 2. The molecular weight excluding hydrogens is 681 g/mol. The molecule has 0 saturated heterocycles. The summed E-state index contributed by atoms with van der Waals surface area (Å²) in [6.45, 7) is 4.31. The SMILES string of the molecule is C=CC(=O)NC1CCCC1Nc1ncc2cc(-c3c(Cl)c(OC)cc(OC)c3Cl)c(=O)n(Cc3ccc(NC(=O)/C=C/CN(C)C)cc3)c2n1. The molecule has 2 amide bonds. The van der Waals surface area contributed by atoms with Gasteiger partial charge in [-0.2, -0.15) is 4.98 Å². The van der Waals surface area contributed by atoms with E-state index in [9.17, 15) is 14.4 Å². The Kier molecular flexibility index (Phi) is 11.8. The number of nitrogens with one attached hydrogen (secondary N) is 3. The monoisotopic (exact) mass is 719 g/mol. The van der Waals surface area contributed by atoms with E-state index in [-0.39, 0.29) is 63.1 Å². The Morgan fingerprint density at radius 3 is 2.36 bits per heavy atom. The van der Waals surface area contributed by atoms with Crippen molar-refractivity contribution in [1.82, 2.24) is 24.8 Å². The van der Waals surface area contributed by atoms with Crippen molar-refractivity contribution in [3.63, 3.8) is 0 Å². The van der Waals surface area contributed by atoms with Gasteiger partial charge in [-0.05, 0) is 63.2 Å². The Bertz CT molecular complexity index is 1970. The van der Waals surface area contributed by atoms with Crippen LogP contribution in [0.4, 0.5) is 11.6 Å². The van der Waals surface area contributed by atoms with Crippen LogP contribution < -0.4 is 31.0 Å². The van der Waals surface area contributed by atoms with Crippen LogP contribution in [-0.2, 0) is 16.1 Å². The average molecular weight is 721 g/mol. The van der Waals surface area contributed by atoms with Gasteiger partial charge >= 0.3 is 0 Å². The molecular formula is C36H39Cl2N7O5. The van der Waals surface area contributed by atoms with Crippen molar-refractivity contribution in [2.45, 2.75) is 37.9 Å². The normalized spacial score (nSPS) is 15.7. The van der Waals surface area contributed by atoms with E-state index in [1.807, 2.05) is 31.1 Å². The van der Waals surface area contributed by atoms with Gasteiger partial charge in [0.1, 0.15) is 17.1 Å². The predicted molar refractivity (Wildman–Crippen MR) is 198 cm³/mol. The van der Waals surface area contributed by atoms with Crippen molar-refractivity contribution < 1.29 is 19.1 Å². The highest BCUT2D eigenvalue weighted by Crippen LogP contribution is 2.45. The minimum Gasteiger partial charge on any atom is -0.495 e. The number of rotatable bonds is 13. The van der Waals surface area contributed by atoms with Gasteiger partial charge in [0.2, 0.25) is 17.8 Å². The quantitative estimate of drug-likeness (QED) is 0.152. The molecule has 5 rings (SSSR count). The highest BCUT2D eigenvalue weighted by molar-refractivity contribution is 6.41. The Morgan fingerprint density at radius 2 is 1.72 bits per heavy atom. The van der Waals surface area contributed by atoms with Crippen LogP contribution in [0.5, 0.6) is 11.5 Å². The highest BCUT2D eigenvalue weighted by Gasteiger charge is 2.29. The van der Waals surface area contributed by atoms with Gasteiger partial charge in [-0.1, -0.05) is 48.0 Å². The summed E-state index contributed by atoms with van der Waals surface area (Å²) in [6, 6.07) is 10.2. The number of anilines is 2. The molecule has 3 N–H and O–H groups in total. The van der Waals surface area contributed by atoms with E-state index in [2.05, 4.69) is 27.5 Å². The van der Waals surface area contributed by atoms with Crippen molar-refractivity contribution in [2.24, 2.45) is 0 Å². The minimum absolute atomic E-state index is 0.113. The lowest BCUT2D eigenvalue weighted by atomic mass is 10.0. The molecule has 1 aliphatic carbocycles. The van der Waals surface area contributed by atoms with Crippen molar-refractivity contribution >= 4 is 57.7 Å². The fraction of sp³-hybridized carbons (Fsp3) is 0.306. The number of benzene rings is 2. The average Bonchev–Trinajstić information content (AvgIpc) is 3.53. The molecule has 0 spiro atoms. The molecule has 2 heterocycles. The number of ether oxygens (including phenoxy) is 2. The van der Waals surface area contributed by atoms with Gasteiger partial charge < -0.3 is 30.3 Å². The lowest BCUT2D eigenvalue weighted by molar-refractivity contribution is -0.117. The standard InChI is InChI=1S/C36H39Cl2N7O5/c1-6-29(46)41-25-9-7-10-26(25)42-36-39-19-22-17-24(31-32(37)27(49-4)18-28(50-5)33(31)38)35(48)45(34(22)43-36)20-21-12-14-23(15-13-21)40-30(47)11-8-16-44(2)3/h6,8,11-15,17-19,25-26H,1,7,9-10,16,20H2,2-5H3,(H,40,47)(H,41,46)(H,39,42,43)/b11-8+. The molecule has 1 saturated carbocycles. The van der Waals surface area contributed by atoms with E-state index in [1.165, 1.54) is 30.9 Å². The smallest absolute Gasteiger partial charge is 0.260 e. The first-order valence-corrected chi connectivity index (χ1v) is 16.7. The maximum atomic E-state index is 14.5. The summed E-state index contributed by atoms with van der Waals surface area (Å²) in [5.41, 5.74) is 1.77. The first-order chi connectivity index (χ1) is 24.0. The van der Waals surface area contributed by atoms with Crippen LogP contribution in [0.2, 0.25) is 10.0 Å². The third-order valence-corrected chi connectivity index (χ3v) is 9.07. The number of aromatic nitrogens is 3. The fourth-order valence-electron chi connectivity index (χ4n) is 5.82. The molecule has 2 aromatic carbocycles. The zero-order valence-corrected chi connectivity index (χ0v) is 29.8. The second-order valence-electron chi connectivity index (χ2n) is 12.1. The number of carbonyl (C=O) groups excluding carboxylic acids is 2. The van der Waals surface area contributed by atoms with Gasteiger partial charge in [0.25, 0.3) is 5.56 Å². The number of nitrogens with zero attached hydrogens (tertiary/aromatic N) is 4. The molecule has 12 nitrogen and oxygen atoms in total. The van der Waals surface area contributed by atoms with E-state index >= 15 is 0 Å². The molecule has 14 heteroatoms. The molecule has 2 unspecified atom stereocenters. The number of amides is 2. The number of methoxy groups -OCH3 is 2. The Morgan fingerprint density at radius 1 is 1.04 bits per heavy atom. The van der Waals surface area contributed by atoms with Gasteiger partial charge in [-0.25, -0.2) is 4.98 Å². The first-order valence-electron chi connectivity index (χ1n) is 15.9. The Balaban J connectivity index is 1.56. The molecule has 2 atom stereocenters. The lowest BCUT2D eigenvalue weighted by Crippen LogP contribution is -2.43. The Labute approximate surface area is 300 Å². The van der Waals surface area contributed by atoms with Crippen LogP contribution in [-0.4, -0.2) is 78.2 Å². The first kappa shape index (κ1) is 36.4. The molecule has 2 aromatic heterocycles. The largest absolute Gasteiger partial charge is 0.495 e. The third kappa shape index (κ3) is 8.27. The molecule has 262 valence electrons. The molecule has 0 aliphatic heterocycles. The molecule has 50 heavy (non-hydrogen) atoms. The zero-order chi connectivity index (χ0) is 35.9. The maximum Gasteiger partial charge on any atom is 0.260 e. The summed E-state index contributed by atoms with van der Waals surface area (Å²) in [7, 11) is 6.76. The van der Waals surface area contributed by atoms with Gasteiger partial charge in [0.05, 0.1) is 36.4 Å². The summed E-state index contributed by atoms with van der Waals surface area (Å²) in [5.74, 6) is 0.384. The summed E-state index contributed by atoms with van der Waals surface area (Å²) in [6.07, 6.45) is 8.65. The summed E-state index contributed by atoms with van der Waals surface area (Å²) in [4.78, 5) is 50.2. The van der Waals surface area contributed by atoms with Crippen LogP contribution in [0.25, 0.3) is 22.2 Å². The van der Waals surface area contributed by atoms with E-state index in [4.69, 9.17) is 37.7 Å². The van der Waals surface area contributed by atoms with E-state index < -0.39 is 5.56 Å². The molecule has 0 bridgehead atoms. The van der Waals surface area contributed by atoms with Gasteiger partial charge in [-0.3, -0.25) is 19.0 Å².